The van der Waals surface area contributed by atoms with Crippen LogP contribution in [0.2, 0.25) is 0 Å². The first-order chi connectivity index (χ1) is 13.5. The number of ketones is 1. The van der Waals surface area contributed by atoms with Gasteiger partial charge in [-0.1, -0.05) is 19.9 Å². The number of aryl methyl sites for hydroxylation is 1. The summed E-state index contributed by atoms with van der Waals surface area (Å²) in [6.07, 6.45) is 0. The fraction of sp³-hybridized carbons (Fsp3) is 0.400. The molecule has 0 saturated heterocycles. The molecule has 0 unspecified atom stereocenters. The van der Waals surface area contributed by atoms with Gasteiger partial charge in [0.2, 0.25) is 5.78 Å². The number of nitrogen functional groups attached to an aromatic ring is 1. The van der Waals surface area contributed by atoms with Crippen LogP contribution in [-0.4, -0.2) is 34.1 Å². The number of esters is 1. The maximum absolute atomic E-state index is 12.3. The number of rotatable bonds is 7. The van der Waals surface area contributed by atoms with Crippen molar-refractivity contribution in [3.8, 4) is 5.75 Å². The molecule has 1 aromatic carbocycles. The molecule has 156 valence electrons. The monoisotopic (exact) mass is 403 g/mol. The van der Waals surface area contributed by atoms with Crippen LogP contribution in [-0.2, 0) is 23.6 Å². The largest absolute Gasteiger partial charge is 0.482 e. The quantitative estimate of drug-likeness (QED) is 0.538. The summed E-state index contributed by atoms with van der Waals surface area (Å²) in [4.78, 5) is 48.1. The van der Waals surface area contributed by atoms with Crippen LogP contribution in [0.4, 0.5) is 5.82 Å². The Morgan fingerprint density at radius 1 is 1.10 bits per heavy atom. The van der Waals surface area contributed by atoms with Crippen molar-refractivity contribution in [2.24, 2.45) is 14.1 Å². The summed E-state index contributed by atoms with van der Waals surface area (Å²) in [6.45, 7) is 5.04. The topological polar surface area (TPSA) is 123 Å². The minimum absolute atomic E-state index is 0.281. The summed E-state index contributed by atoms with van der Waals surface area (Å²) < 4.78 is 12.0. The Bertz CT molecular complexity index is 1070. The number of ether oxygens (including phenoxy) is 2. The summed E-state index contributed by atoms with van der Waals surface area (Å²) in [5.41, 5.74) is 6.03. The molecule has 2 rings (SSSR count). The zero-order chi connectivity index (χ0) is 21.9. The molecule has 0 spiro atoms. The molecule has 0 aliphatic carbocycles. The van der Waals surface area contributed by atoms with Gasteiger partial charge in [-0.15, -0.1) is 0 Å². The molecule has 2 aromatic rings. The van der Waals surface area contributed by atoms with Crippen LogP contribution in [0.3, 0.4) is 0 Å². The SMILES string of the molecule is Cc1cc(OCC(=O)OCC(=O)c2c(N)n(C)c(=O)n(C)c2=O)ccc1C(C)C. The van der Waals surface area contributed by atoms with E-state index < -0.39 is 41.8 Å². The van der Waals surface area contributed by atoms with E-state index in [1.807, 2.05) is 19.1 Å². The van der Waals surface area contributed by atoms with E-state index in [1.165, 1.54) is 19.7 Å². The van der Waals surface area contributed by atoms with Gasteiger partial charge in [0.1, 0.15) is 17.1 Å². The third-order valence-corrected chi connectivity index (χ3v) is 4.57. The second-order valence-corrected chi connectivity index (χ2v) is 7.01. The van der Waals surface area contributed by atoms with Crippen LogP contribution in [0.15, 0.2) is 27.8 Å². The molecular formula is C20H25N3O6. The second kappa shape index (κ2) is 8.76. The van der Waals surface area contributed by atoms with Crippen LogP contribution in [0, 0.1) is 6.92 Å². The number of aromatic nitrogens is 2. The number of hydrogen-bond donors (Lipinski definition) is 1. The number of nitrogens with two attached hydrogens (primary N) is 1. The van der Waals surface area contributed by atoms with Crippen molar-refractivity contribution in [3.63, 3.8) is 0 Å². The van der Waals surface area contributed by atoms with Crippen LogP contribution in [0.1, 0.15) is 41.3 Å². The van der Waals surface area contributed by atoms with E-state index in [4.69, 9.17) is 15.2 Å². The fourth-order valence-corrected chi connectivity index (χ4v) is 2.91. The maximum Gasteiger partial charge on any atom is 0.344 e. The van der Waals surface area contributed by atoms with Gasteiger partial charge < -0.3 is 15.2 Å². The summed E-state index contributed by atoms with van der Waals surface area (Å²) in [7, 11) is 2.56. The fourth-order valence-electron chi connectivity index (χ4n) is 2.91. The van der Waals surface area contributed by atoms with Crippen LogP contribution in [0.25, 0.3) is 0 Å². The van der Waals surface area contributed by atoms with E-state index >= 15 is 0 Å². The van der Waals surface area contributed by atoms with Gasteiger partial charge >= 0.3 is 11.7 Å². The Kier molecular flexibility index (Phi) is 6.63. The molecule has 0 saturated carbocycles. The van der Waals surface area contributed by atoms with Crippen molar-refractivity contribution < 1.29 is 19.1 Å². The van der Waals surface area contributed by atoms with Crippen molar-refractivity contribution in [2.75, 3.05) is 18.9 Å². The minimum Gasteiger partial charge on any atom is -0.482 e. The highest BCUT2D eigenvalue weighted by molar-refractivity contribution is 6.01. The first kappa shape index (κ1) is 21.9. The lowest BCUT2D eigenvalue weighted by atomic mass is 9.98. The van der Waals surface area contributed by atoms with E-state index in [1.54, 1.807) is 6.07 Å². The highest BCUT2D eigenvalue weighted by atomic mass is 16.6. The van der Waals surface area contributed by atoms with Gasteiger partial charge in [-0.05, 0) is 36.1 Å². The van der Waals surface area contributed by atoms with Gasteiger partial charge in [0, 0.05) is 14.1 Å². The Balaban J connectivity index is 2.00. The van der Waals surface area contributed by atoms with Crippen LogP contribution < -0.4 is 21.7 Å². The summed E-state index contributed by atoms with van der Waals surface area (Å²) in [5, 5.41) is 0. The third kappa shape index (κ3) is 4.74. The Morgan fingerprint density at radius 2 is 1.76 bits per heavy atom. The molecule has 1 heterocycles. The molecule has 0 aliphatic rings. The predicted octanol–water partition coefficient (Wildman–Crippen LogP) is 0.903. The first-order valence-electron chi connectivity index (χ1n) is 9.02. The Hall–Kier alpha value is -3.36. The van der Waals surface area contributed by atoms with Crippen LogP contribution in [0.5, 0.6) is 5.75 Å². The third-order valence-electron chi connectivity index (χ3n) is 4.57. The molecule has 2 N–H and O–H groups in total. The van der Waals surface area contributed by atoms with Crippen molar-refractivity contribution in [2.45, 2.75) is 26.7 Å². The Morgan fingerprint density at radius 3 is 2.34 bits per heavy atom. The number of Topliss-reactive ketones (excluding diaryl/α,β-unsaturated/α-hetero) is 1. The predicted molar refractivity (Wildman–Crippen MR) is 107 cm³/mol. The van der Waals surface area contributed by atoms with Gasteiger partial charge in [-0.25, -0.2) is 9.59 Å². The zero-order valence-electron chi connectivity index (χ0n) is 17.1. The molecule has 0 radical (unpaired) electrons. The van der Waals surface area contributed by atoms with E-state index in [9.17, 15) is 19.2 Å². The molecule has 1 aromatic heterocycles. The summed E-state index contributed by atoms with van der Waals surface area (Å²) >= 11 is 0. The Labute approximate surface area is 167 Å². The summed E-state index contributed by atoms with van der Waals surface area (Å²) in [6, 6.07) is 5.51. The highest BCUT2D eigenvalue weighted by Gasteiger charge is 2.21. The van der Waals surface area contributed by atoms with Gasteiger partial charge in [0.05, 0.1) is 0 Å². The normalized spacial score (nSPS) is 10.8. The first-order valence-corrected chi connectivity index (χ1v) is 9.02. The number of hydrogen-bond acceptors (Lipinski definition) is 7. The molecule has 29 heavy (non-hydrogen) atoms. The molecule has 9 heteroatoms. The van der Waals surface area contributed by atoms with Crippen molar-refractivity contribution >= 4 is 17.6 Å². The average molecular weight is 403 g/mol. The highest BCUT2D eigenvalue weighted by Crippen LogP contribution is 2.23. The van der Waals surface area contributed by atoms with Crippen molar-refractivity contribution in [1.29, 1.82) is 0 Å². The maximum atomic E-state index is 12.3. The standard InChI is InChI=1S/C20H25N3O6/c1-11(2)14-7-6-13(8-12(14)3)28-10-16(25)29-9-15(24)17-18(21)22(4)20(27)23(5)19(17)26/h6-8,11H,9-10,21H2,1-5H3. The number of carbonyl (C=O) groups is 2. The lowest BCUT2D eigenvalue weighted by molar-refractivity contribution is -0.144. The average Bonchev–Trinajstić information content (AvgIpc) is 2.67. The van der Waals surface area contributed by atoms with Crippen LogP contribution >= 0.6 is 0 Å². The van der Waals surface area contributed by atoms with Crippen molar-refractivity contribution in [3.05, 3.63) is 55.7 Å². The molecule has 0 atom stereocenters. The van der Waals surface area contributed by atoms with Gasteiger partial charge in [-0.2, -0.15) is 0 Å². The van der Waals surface area contributed by atoms with E-state index in [0.717, 1.165) is 14.7 Å². The molecule has 9 nitrogen and oxygen atoms in total. The lowest BCUT2D eigenvalue weighted by Crippen LogP contribution is -2.42. The number of nitrogens with zero attached hydrogens (tertiary/aromatic N) is 2. The zero-order valence-corrected chi connectivity index (χ0v) is 17.1. The van der Waals surface area contributed by atoms with E-state index in [-0.39, 0.29) is 5.82 Å². The van der Waals surface area contributed by atoms with E-state index in [2.05, 4.69) is 13.8 Å². The van der Waals surface area contributed by atoms with Gasteiger partial charge in [0.15, 0.2) is 13.2 Å². The van der Waals surface area contributed by atoms with Gasteiger partial charge in [0.25, 0.3) is 5.56 Å². The number of benzene rings is 1. The molecular weight excluding hydrogens is 378 g/mol. The van der Waals surface area contributed by atoms with Gasteiger partial charge in [-0.3, -0.25) is 18.7 Å². The second-order valence-electron chi connectivity index (χ2n) is 7.01. The summed E-state index contributed by atoms with van der Waals surface area (Å²) in [5.74, 6) is -0.978. The molecule has 0 bridgehead atoms. The number of carbonyl (C=O) groups excluding carboxylic acids is 2. The van der Waals surface area contributed by atoms with E-state index in [0.29, 0.717) is 11.7 Å². The minimum atomic E-state index is -0.844. The van der Waals surface area contributed by atoms with Crippen molar-refractivity contribution in [1.82, 2.24) is 9.13 Å². The number of anilines is 1. The molecule has 0 amide bonds. The molecule has 0 aliphatic heterocycles. The molecule has 0 fully saturated rings. The lowest BCUT2D eigenvalue weighted by Gasteiger charge is -2.13. The smallest absolute Gasteiger partial charge is 0.344 e.